The molecule has 7 aromatic carbocycles. The molecule has 7 rings (SSSR count). The van der Waals surface area contributed by atoms with Crippen LogP contribution in [0, 0.1) is 59.4 Å². The van der Waals surface area contributed by atoms with Crippen molar-refractivity contribution in [2.75, 3.05) is 9.80 Å². The summed E-state index contributed by atoms with van der Waals surface area (Å²) < 4.78 is 0. The molecule has 0 unspecified atom stereocenters. The van der Waals surface area contributed by atoms with Gasteiger partial charge in [0.15, 0.2) is 5.69 Å². The second kappa shape index (κ2) is 17.2. The van der Waals surface area contributed by atoms with E-state index >= 15 is 0 Å². The molecule has 0 aromatic heterocycles. The van der Waals surface area contributed by atoms with Crippen molar-refractivity contribution < 1.29 is 0 Å². The summed E-state index contributed by atoms with van der Waals surface area (Å²) in [6.45, 7) is 20.6. The molecule has 58 heavy (non-hydrogen) atoms. The fourth-order valence-corrected chi connectivity index (χ4v) is 7.09. The van der Waals surface area contributed by atoms with Crippen LogP contribution in [-0.2, 0) is 0 Å². The Kier molecular flexibility index (Phi) is 11.5. The largest absolute Gasteiger partial charge is 0.310 e. The van der Waals surface area contributed by atoms with Crippen LogP contribution in [0.4, 0.5) is 39.8 Å². The van der Waals surface area contributed by atoms with Crippen molar-refractivity contribution in [1.29, 1.82) is 5.26 Å². The van der Waals surface area contributed by atoms with E-state index in [1.165, 1.54) is 22.3 Å². The first-order valence-electron chi connectivity index (χ1n) is 19.5. The van der Waals surface area contributed by atoms with Crippen LogP contribution in [0.25, 0.3) is 29.1 Å². The standard InChI is InChI=1S/C54H46N4/c1-37-8-22-48(23-9-37)57(49-24-10-38(2)11-25-49)52-30-20-43(41(5)32-52)16-18-45-35-54(56-7)46(34-47(45)36-55)19-17-44-21-31-53(33-42(44)6)58(50-26-12-39(3)13-27-50)51-28-14-40(4)15-29-51/h8-35H,1-6H3. The molecule has 0 aliphatic heterocycles. The highest BCUT2D eigenvalue weighted by molar-refractivity contribution is 5.85. The second-order valence-electron chi connectivity index (χ2n) is 15.0. The summed E-state index contributed by atoms with van der Waals surface area (Å²) in [6, 6.07) is 53.2. The first kappa shape index (κ1) is 38.9. The zero-order valence-electron chi connectivity index (χ0n) is 34.0. The van der Waals surface area contributed by atoms with E-state index in [1.54, 1.807) is 0 Å². The Morgan fingerprint density at radius 3 is 1.07 bits per heavy atom. The minimum absolute atomic E-state index is 0.494. The summed E-state index contributed by atoms with van der Waals surface area (Å²) in [5.41, 5.74) is 18.0. The minimum atomic E-state index is 0.494. The Morgan fingerprint density at radius 2 is 0.741 bits per heavy atom. The Balaban J connectivity index is 1.15. The summed E-state index contributed by atoms with van der Waals surface area (Å²) in [5, 5.41) is 10.2. The van der Waals surface area contributed by atoms with Crippen LogP contribution in [-0.4, -0.2) is 0 Å². The van der Waals surface area contributed by atoms with Crippen molar-refractivity contribution in [3.63, 3.8) is 0 Å². The third-order valence-electron chi connectivity index (χ3n) is 10.5. The molecule has 0 heterocycles. The highest BCUT2D eigenvalue weighted by atomic mass is 15.1. The molecule has 0 fully saturated rings. The maximum atomic E-state index is 10.2. The average Bonchev–Trinajstić information content (AvgIpc) is 3.23. The van der Waals surface area contributed by atoms with Crippen molar-refractivity contribution in [3.05, 3.63) is 218 Å². The Labute approximate surface area is 343 Å². The van der Waals surface area contributed by atoms with E-state index in [2.05, 4.69) is 196 Å². The fourth-order valence-electron chi connectivity index (χ4n) is 7.09. The minimum Gasteiger partial charge on any atom is -0.310 e. The van der Waals surface area contributed by atoms with Crippen molar-refractivity contribution in [3.8, 4) is 6.07 Å². The summed E-state index contributed by atoms with van der Waals surface area (Å²) in [6.07, 6.45) is 7.95. The number of nitrogens with zero attached hydrogens (tertiary/aromatic N) is 4. The lowest BCUT2D eigenvalue weighted by molar-refractivity contribution is 1.25. The Hall–Kier alpha value is -7.40. The lowest BCUT2D eigenvalue weighted by Gasteiger charge is -2.26. The van der Waals surface area contributed by atoms with Crippen molar-refractivity contribution in [2.45, 2.75) is 41.5 Å². The molecule has 0 spiro atoms. The second-order valence-corrected chi connectivity index (χ2v) is 15.0. The first-order valence-corrected chi connectivity index (χ1v) is 19.5. The van der Waals surface area contributed by atoms with E-state index in [0.29, 0.717) is 22.4 Å². The summed E-state index contributed by atoms with van der Waals surface area (Å²) in [5.74, 6) is 0. The molecule has 0 atom stereocenters. The molecule has 0 radical (unpaired) electrons. The van der Waals surface area contributed by atoms with Crippen LogP contribution >= 0.6 is 0 Å². The predicted molar refractivity (Wildman–Crippen MR) is 246 cm³/mol. The molecular formula is C54H46N4. The van der Waals surface area contributed by atoms with Crippen LogP contribution < -0.4 is 9.80 Å². The maximum absolute atomic E-state index is 10.2. The highest BCUT2D eigenvalue weighted by Crippen LogP contribution is 2.38. The molecule has 0 N–H and O–H groups in total. The zero-order valence-corrected chi connectivity index (χ0v) is 34.0. The predicted octanol–water partition coefficient (Wildman–Crippen LogP) is 15.2. The number of benzene rings is 7. The van der Waals surface area contributed by atoms with E-state index < -0.39 is 0 Å². The molecule has 0 saturated heterocycles. The number of hydrogen-bond acceptors (Lipinski definition) is 3. The van der Waals surface area contributed by atoms with Crippen molar-refractivity contribution in [1.82, 2.24) is 0 Å². The van der Waals surface area contributed by atoms with E-state index in [-0.39, 0.29) is 0 Å². The molecule has 0 bridgehead atoms. The van der Waals surface area contributed by atoms with Gasteiger partial charge in [-0.05, 0) is 160 Å². The number of anilines is 6. The molecule has 7 aromatic rings. The highest BCUT2D eigenvalue weighted by Gasteiger charge is 2.15. The van der Waals surface area contributed by atoms with Gasteiger partial charge in [-0.25, -0.2) is 4.85 Å². The number of rotatable bonds is 10. The Bertz CT molecular complexity index is 2440. The van der Waals surface area contributed by atoms with Gasteiger partial charge >= 0.3 is 0 Å². The number of aryl methyl sites for hydroxylation is 6. The van der Waals surface area contributed by atoms with E-state index in [9.17, 15) is 5.26 Å². The van der Waals surface area contributed by atoms with Crippen molar-refractivity contribution in [2.24, 2.45) is 0 Å². The third-order valence-corrected chi connectivity index (χ3v) is 10.5. The lowest BCUT2D eigenvalue weighted by Crippen LogP contribution is -2.10. The smallest absolute Gasteiger partial charge is 0.194 e. The zero-order chi connectivity index (χ0) is 40.8. The normalized spacial score (nSPS) is 11.1. The molecule has 0 amide bonds. The molecule has 4 heteroatoms. The number of nitriles is 1. The number of hydrogen-bond donors (Lipinski definition) is 0. The quantitative estimate of drug-likeness (QED) is 0.103. The van der Waals surface area contributed by atoms with E-state index in [1.807, 2.05) is 36.4 Å². The molecule has 0 saturated carbocycles. The van der Waals surface area contributed by atoms with Gasteiger partial charge in [0.1, 0.15) is 0 Å². The van der Waals surface area contributed by atoms with Gasteiger partial charge in [0.05, 0.1) is 18.2 Å². The van der Waals surface area contributed by atoms with Gasteiger partial charge in [-0.3, -0.25) is 0 Å². The van der Waals surface area contributed by atoms with Gasteiger partial charge in [0.25, 0.3) is 0 Å². The van der Waals surface area contributed by atoms with E-state index in [0.717, 1.165) is 56.4 Å². The van der Waals surface area contributed by atoms with Gasteiger partial charge in [-0.2, -0.15) is 5.26 Å². The lowest BCUT2D eigenvalue weighted by atomic mass is 9.99. The molecule has 0 aliphatic rings. The molecule has 0 aliphatic carbocycles. The summed E-state index contributed by atoms with van der Waals surface area (Å²) in [7, 11) is 0. The van der Waals surface area contributed by atoms with Crippen LogP contribution in [0.2, 0.25) is 0 Å². The Morgan fingerprint density at radius 1 is 0.414 bits per heavy atom. The first-order chi connectivity index (χ1) is 28.1. The topological polar surface area (TPSA) is 34.6 Å². The van der Waals surface area contributed by atoms with Gasteiger partial charge < -0.3 is 9.80 Å². The maximum Gasteiger partial charge on any atom is 0.194 e. The van der Waals surface area contributed by atoms with Gasteiger partial charge in [-0.1, -0.05) is 107 Å². The SMILES string of the molecule is [C-]#[N+]c1cc(C=Cc2ccc(N(c3ccc(C)cc3)c3ccc(C)cc3)cc2C)c(C#N)cc1C=Cc1ccc(N(c2ccc(C)cc2)c2ccc(C)cc2)cc1C. The van der Waals surface area contributed by atoms with Gasteiger partial charge in [-0.15, -0.1) is 0 Å². The van der Waals surface area contributed by atoms with Crippen LogP contribution in [0.15, 0.2) is 146 Å². The van der Waals surface area contributed by atoms with Crippen molar-refractivity contribution >= 4 is 64.1 Å². The third kappa shape index (κ3) is 8.69. The summed E-state index contributed by atoms with van der Waals surface area (Å²) in [4.78, 5) is 8.41. The van der Waals surface area contributed by atoms with Crippen LogP contribution in [0.5, 0.6) is 0 Å². The molecule has 4 nitrogen and oxygen atoms in total. The van der Waals surface area contributed by atoms with Gasteiger partial charge in [0, 0.05) is 34.1 Å². The van der Waals surface area contributed by atoms with E-state index in [4.69, 9.17) is 6.57 Å². The average molecular weight is 751 g/mol. The van der Waals surface area contributed by atoms with Gasteiger partial charge in [0.2, 0.25) is 0 Å². The van der Waals surface area contributed by atoms with Crippen LogP contribution in [0.1, 0.15) is 61.2 Å². The monoisotopic (exact) mass is 750 g/mol. The molecule has 282 valence electrons. The van der Waals surface area contributed by atoms with Crippen LogP contribution in [0.3, 0.4) is 0 Å². The molecular weight excluding hydrogens is 705 g/mol. The summed E-state index contributed by atoms with van der Waals surface area (Å²) >= 11 is 0. The fraction of sp³-hybridized carbons (Fsp3) is 0.111.